The van der Waals surface area contributed by atoms with Gasteiger partial charge >= 0.3 is 0 Å². The fourth-order valence-corrected chi connectivity index (χ4v) is 9.78. The Morgan fingerprint density at radius 2 is 1.72 bits per heavy atom. The molecule has 6 heteroatoms. The van der Waals surface area contributed by atoms with Crippen molar-refractivity contribution in [1.82, 2.24) is 4.98 Å². The van der Waals surface area contributed by atoms with E-state index in [-0.39, 0.29) is 5.41 Å². The second kappa shape index (κ2) is 11.1. The van der Waals surface area contributed by atoms with Crippen LogP contribution in [0.1, 0.15) is 57.9 Å². The molecule has 242 valence electrons. The zero-order valence-electron chi connectivity index (χ0n) is 29.8. The largest absolute Gasteiger partial charge is 0.458 e. The van der Waals surface area contributed by atoms with Crippen LogP contribution in [0.5, 0.6) is 0 Å². The number of aryl methyl sites for hydroxylation is 1. The van der Waals surface area contributed by atoms with E-state index in [1.807, 2.05) is 12.3 Å². The Hall–Kier alpha value is -3.32. The van der Waals surface area contributed by atoms with Crippen LogP contribution in [-0.4, -0.2) is 40.5 Å². The molecule has 1 aliphatic rings. The summed E-state index contributed by atoms with van der Waals surface area (Å²) >= 11 is 0. The highest BCUT2D eigenvalue weighted by Crippen LogP contribution is 2.55. The summed E-state index contributed by atoms with van der Waals surface area (Å²) in [5.41, 5.74) is 7.86. The van der Waals surface area contributed by atoms with Gasteiger partial charge in [0.1, 0.15) is 5.76 Å². The summed E-state index contributed by atoms with van der Waals surface area (Å²) in [6, 6.07) is 15.8. The number of furan rings is 1. The van der Waals surface area contributed by atoms with Crippen LogP contribution in [0.4, 0.5) is 0 Å². The maximum atomic E-state index is 6.91. The van der Waals surface area contributed by atoms with Crippen molar-refractivity contribution in [2.45, 2.75) is 85.0 Å². The van der Waals surface area contributed by atoms with Gasteiger partial charge in [-0.2, -0.15) is 4.57 Å². The number of methoxy groups -OCH3 is 2. The molecule has 0 aliphatic carbocycles. The Morgan fingerprint density at radius 1 is 1.02 bits per heavy atom. The maximum absolute atomic E-state index is 6.91. The summed E-state index contributed by atoms with van der Waals surface area (Å²) in [5, 5.41) is 5.29. The third kappa shape index (κ3) is 4.70. The fraction of sp³-hybridized carbons (Fsp3) is 0.450. The highest BCUT2D eigenvalue weighted by atomic mass is 28.3. The molecular weight excluding hydrogens is 585 g/mol. The summed E-state index contributed by atoms with van der Waals surface area (Å²) in [4.78, 5) is 5.02. The first-order chi connectivity index (χ1) is 21.6. The third-order valence-corrected chi connectivity index (χ3v) is 12.7. The normalized spacial score (nSPS) is 20.0. The molecule has 0 saturated heterocycles. The molecule has 46 heavy (non-hydrogen) atoms. The second-order valence-electron chi connectivity index (χ2n) is 16.0. The van der Waals surface area contributed by atoms with Gasteiger partial charge < -0.3 is 13.9 Å². The van der Waals surface area contributed by atoms with Crippen LogP contribution >= 0.6 is 0 Å². The quantitative estimate of drug-likeness (QED) is 0.0972. The zero-order valence-corrected chi connectivity index (χ0v) is 30.8. The first-order valence-electron chi connectivity index (χ1n) is 16.6. The van der Waals surface area contributed by atoms with Gasteiger partial charge in [0.2, 0.25) is 11.2 Å². The molecule has 2 aromatic carbocycles. The first-order valence-corrected chi connectivity index (χ1v) is 20.1. The molecule has 2 atom stereocenters. The molecule has 6 rings (SSSR count). The molecule has 0 saturated carbocycles. The van der Waals surface area contributed by atoms with Gasteiger partial charge in [-0.15, -0.1) is 0 Å². The number of aromatic nitrogens is 2. The molecule has 2 unspecified atom stereocenters. The third-order valence-electron chi connectivity index (χ3n) is 10.6. The van der Waals surface area contributed by atoms with E-state index in [0.29, 0.717) is 13.2 Å². The van der Waals surface area contributed by atoms with Gasteiger partial charge in [-0.1, -0.05) is 76.4 Å². The number of nitrogens with zero attached hydrogens (tertiary/aromatic N) is 2. The lowest BCUT2D eigenvalue weighted by atomic mass is 9.58. The van der Waals surface area contributed by atoms with Crippen LogP contribution in [-0.2, 0) is 26.8 Å². The van der Waals surface area contributed by atoms with Crippen LogP contribution in [0, 0.1) is 12.3 Å². The van der Waals surface area contributed by atoms with E-state index in [1.54, 1.807) is 14.2 Å². The van der Waals surface area contributed by atoms with Crippen LogP contribution < -0.4 is 9.75 Å². The molecule has 5 nitrogen and oxygen atoms in total. The lowest BCUT2D eigenvalue weighted by Gasteiger charge is -2.48. The Kier molecular flexibility index (Phi) is 7.90. The zero-order chi connectivity index (χ0) is 33.4. The number of ether oxygens (including phenoxy) is 2. The number of fused-ring (bicyclic) bond motifs is 10. The van der Waals surface area contributed by atoms with Crippen LogP contribution in [0.25, 0.3) is 44.0 Å². The van der Waals surface area contributed by atoms with Gasteiger partial charge in [0.05, 0.1) is 31.0 Å². The van der Waals surface area contributed by atoms with Gasteiger partial charge in [0.25, 0.3) is 0 Å². The van der Waals surface area contributed by atoms with Crippen molar-refractivity contribution in [1.29, 1.82) is 0 Å². The minimum absolute atomic E-state index is 0.0637. The molecule has 0 N–H and O–H groups in total. The Balaban J connectivity index is 1.95. The van der Waals surface area contributed by atoms with Gasteiger partial charge in [-0.25, -0.2) is 4.98 Å². The summed E-state index contributed by atoms with van der Waals surface area (Å²) in [6.45, 7) is 27.0. The molecule has 0 amide bonds. The van der Waals surface area contributed by atoms with E-state index in [4.69, 9.17) is 25.5 Å². The number of pyridine rings is 2. The summed E-state index contributed by atoms with van der Waals surface area (Å²) in [6.07, 6.45) is 3.53. The number of rotatable bonds is 8. The molecule has 0 bridgehead atoms. The lowest BCUT2D eigenvalue weighted by Crippen LogP contribution is -2.70. The monoisotopic (exact) mass is 635 g/mol. The van der Waals surface area contributed by atoms with Crippen LogP contribution in [0.3, 0.4) is 0 Å². The molecule has 0 radical (unpaired) electrons. The van der Waals surface area contributed by atoms with Gasteiger partial charge in [0.15, 0.2) is 16.6 Å². The van der Waals surface area contributed by atoms with E-state index in [0.717, 1.165) is 46.2 Å². The van der Waals surface area contributed by atoms with Gasteiger partial charge in [-0.3, -0.25) is 0 Å². The molecule has 5 aromatic rings. The Labute approximate surface area is 275 Å². The average Bonchev–Trinajstić information content (AvgIpc) is 3.31. The maximum Gasteiger partial charge on any atom is 0.236 e. The smallest absolute Gasteiger partial charge is 0.236 e. The average molecular weight is 636 g/mol. The van der Waals surface area contributed by atoms with E-state index in [2.05, 4.69) is 102 Å². The SMILES string of the molecule is C=C(COC)C1(C)[n+]2c(c3c(C)c(CC(C)(C)C)oc3c3ncccc32)-c2cc([Si](C)(C)C)c3ccccc3c2C1(C)CCOC. The van der Waals surface area contributed by atoms with Crippen molar-refractivity contribution in [3.8, 4) is 11.3 Å². The van der Waals surface area contributed by atoms with E-state index in [9.17, 15) is 0 Å². The van der Waals surface area contributed by atoms with Crippen molar-refractivity contribution in [3.05, 3.63) is 77.7 Å². The molecule has 3 aromatic heterocycles. The van der Waals surface area contributed by atoms with Crippen LogP contribution in [0.15, 0.2) is 65.2 Å². The summed E-state index contributed by atoms with van der Waals surface area (Å²) < 4.78 is 21.2. The topological polar surface area (TPSA) is 48.4 Å². The Morgan fingerprint density at radius 3 is 2.35 bits per heavy atom. The molecule has 4 heterocycles. The Bertz CT molecular complexity index is 2010. The molecule has 1 aliphatic heterocycles. The minimum atomic E-state index is -1.79. The molecule has 0 fully saturated rings. The predicted octanol–water partition coefficient (Wildman–Crippen LogP) is 8.76. The van der Waals surface area contributed by atoms with E-state index in [1.165, 1.54) is 38.3 Å². The number of hydrogen-bond acceptors (Lipinski definition) is 4. The molecule has 0 spiro atoms. The fourth-order valence-electron chi connectivity index (χ4n) is 8.17. The highest BCUT2D eigenvalue weighted by Gasteiger charge is 2.62. The van der Waals surface area contributed by atoms with Crippen LogP contribution in [0.2, 0.25) is 19.6 Å². The van der Waals surface area contributed by atoms with Crippen molar-refractivity contribution in [2.75, 3.05) is 27.4 Å². The summed E-state index contributed by atoms with van der Waals surface area (Å²) in [5.74, 6) is 1.03. The lowest BCUT2D eigenvalue weighted by molar-refractivity contribution is -0.731. The number of benzene rings is 2. The van der Waals surface area contributed by atoms with E-state index >= 15 is 0 Å². The number of hydrogen-bond donors (Lipinski definition) is 0. The van der Waals surface area contributed by atoms with E-state index < -0.39 is 19.0 Å². The van der Waals surface area contributed by atoms with Crippen molar-refractivity contribution in [3.63, 3.8) is 0 Å². The summed E-state index contributed by atoms with van der Waals surface area (Å²) in [7, 11) is 1.78. The highest BCUT2D eigenvalue weighted by molar-refractivity contribution is 6.90. The molecular formula is C40H51N2O3Si+. The second-order valence-corrected chi connectivity index (χ2v) is 21.0. The predicted molar refractivity (Wildman–Crippen MR) is 194 cm³/mol. The van der Waals surface area contributed by atoms with Gasteiger partial charge in [-0.05, 0) is 54.2 Å². The van der Waals surface area contributed by atoms with Crippen molar-refractivity contribution in [2.24, 2.45) is 5.41 Å². The van der Waals surface area contributed by atoms with Crippen molar-refractivity contribution >= 4 is 46.0 Å². The van der Waals surface area contributed by atoms with Crippen molar-refractivity contribution < 1.29 is 18.5 Å². The van der Waals surface area contributed by atoms with Gasteiger partial charge in [0, 0.05) is 57.6 Å². The standard InChI is InChI=1S/C40H51N2O3Si/c1-25(24-44-9)40(7)39(6,19-21-43-8)34-28-17-14-13-16-27(28)32(46(10,11)12)22-29(34)36-33-26(2)31(23-38(3,4)5)45-37(33)35-30(42(36)40)18-15-20-41-35/h13-18,20,22H,1,19,21,23-24H2,2-12H3/q+1. The first kappa shape index (κ1) is 32.6. The minimum Gasteiger partial charge on any atom is -0.458 e.